The summed E-state index contributed by atoms with van der Waals surface area (Å²) in [5.41, 5.74) is 1.69. The van der Waals surface area contributed by atoms with Crippen molar-refractivity contribution in [3.05, 3.63) is 73.1 Å². The van der Waals surface area contributed by atoms with Crippen molar-refractivity contribution in [2.75, 3.05) is 52.5 Å². The van der Waals surface area contributed by atoms with Crippen molar-refractivity contribution in [2.24, 2.45) is 11.8 Å². The zero-order valence-corrected chi connectivity index (χ0v) is 28.9. The van der Waals surface area contributed by atoms with E-state index in [1.165, 1.54) is 0 Å². The first kappa shape index (κ1) is 41.3. The minimum atomic E-state index is -1.01. The monoisotopic (exact) mass is 672 g/mol. The van der Waals surface area contributed by atoms with Crippen LogP contribution in [0.2, 0.25) is 0 Å². The number of ether oxygens (including phenoxy) is 2. The Bertz CT molecular complexity index is 1540. The fraction of sp³-hybridized carbons (Fsp3) is 0.444. The van der Waals surface area contributed by atoms with Crippen LogP contribution in [0.1, 0.15) is 25.7 Å². The summed E-state index contributed by atoms with van der Waals surface area (Å²) in [6, 6.07) is 18.8. The van der Waals surface area contributed by atoms with Gasteiger partial charge < -0.3 is 39.5 Å². The number of carboxylic acids is 2. The first-order valence-electron chi connectivity index (χ1n) is 16.4. The summed E-state index contributed by atoms with van der Waals surface area (Å²) < 4.78 is 11.5. The van der Waals surface area contributed by atoms with Crippen LogP contribution < -0.4 is 57.4 Å². The van der Waals surface area contributed by atoms with Crippen LogP contribution in [0.15, 0.2) is 73.1 Å². The number of carbonyl (C=O) groups is 2. The van der Waals surface area contributed by atoms with E-state index in [1.807, 2.05) is 70.5 Å². The zero-order chi connectivity index (χ0) is 33.9. The number of pyridine rings is 2. The standard InChI is InChI=1S/2C18H22N2O4.2Li/c2*21-14(11-20-9-3-4-13(10-20)18(22)23)12-24-17-7-1-6-16-15(17)5-2-8-19-16;;/h2*1-2,5-8,13-14,21H,3-4,9-12H2,(H,22,23);;/q;;2*+1/p-2/t2*13-,14?;;/m11../s1. The number of likely N-dealkylation sites (tertiary alicyclic amines) is 2. The van der Waals surface area contributed by atoms with Crippen molar-refractivity contribution in [2.45, 2.75) is 37.9 Å². The maximum Gasteiger partial charge on any atom is 1.00 e. The van der Waals surface area contributed by atoms with Gasteiger partial charge in [0.05, 0.1) is 11.0 Å². The molecule has 0 saturated carbocycles. The van der Waals surface area contributed by atoms with E-state index in [9.17, 15) is 30.0 Å². The van der Waals surface area contributed by atoms with Gasteiger partial charge in [-0.25, -0.2) is 0 Å². The molecular formula is C36H42Li2N4O8. The average Bonchev–Trinajstić information content (AvgIpc) is 3.10. The molecule has 0 bridgehead atoms. The Morgan fingerprint density at radius 1 is 0.700 bits per heavy atom. The van der Waals surface area contributed by atoms with Crippen molar-refractivity contribution >= 4 is 33.7 Å². The average molecular weight is 673 g/mol. The summed E-state index contributed by atoms with van der Waals surface area (Å²) in [6.07, 6.45) is 5.00. The molecule has 256 valence electrons. The number of aromatic nitrogens is 2. The molecule has 2 aromatic heterocycles. The number of β-amino-alcohol motifs (C(OH)–C–C–N with tert-alkyl or cyclic N) is 2. The minimum absolute atomic E-state index is 0. The second kappa shape index (κ2) is 20.6. The second-order valence-corrected chi connectivity index (χ2v) is 12.4. The summed E-state index contributed by atoms with van der Waals surface area (Å²) in [7, 11) is 0. The number of carboxylic acid groups (broad SMARTS) is 2. The molecule has 0 aliphatic carbocycles. The predicted octanol–water partition coefficient (Wildman–Crippen LogP) is -5.12. The van der Waals surface area contributed by atoms with Gasteiger partial charge in [0.15, 0.2) is 0 Å². The van der Waals surface area contributed by atoms with Crippen LogP contribution in [0.3, 0.4) is 0 Å². The van der Waals surface area contributed by atoms with Crippen molar-refractivity contribution in [1.29, 1.82) is 0 Å². The molecule has 14 heteroatoms. The summed E-state index contributed by atoms with van der Waals surface area (Å²) in [4.78, 5) is 34.5. The van der Waals surface area contributed by atoms with Crippen molar-refractivity contribution in [3.8, 4) is 11.5 Å². The van der Waals surface area contributed by atoms with Crippen LogP contribution in [0.4, 0.5) is 0 Å². The summed E-state index contributed by atoms with van der Waals surface area (Å²) >= 11 is 0. The first-order chi connectivity index (χ1) is 23.3. The van der Waals surface area contributed by atoms with E-state index in [1.54, 1.807) is 12.4 Å². The van der Waals surface area contributed by atoms with Crippen molar-refractivity contribution < 1.29 is 77.2 Å². The van der Waals surface area contributed by atoms with Crippen molar-refractivity contribution in [3.63, 3.8) is 0 Å². The number of aliphatic hydroxyl groups excluding tert-OH is 2. The number of hydrogen-bond donors (Lipinski definition) is 2. The van der Waals surface area contributed by atoms with Gasteiger partial charge >= 0.3 is 37.7 Å². The van der Waals surface area contributed by atoms with Gasteiger partial charge in [-0.05, 0) is 87.3 Å². The fourth-order valence-corrected chi connectivity index (χ4v) is 6.30. The van der Waals surface area contributed by atoms with E-state index in [0.717, 1.165) is 47.7 Å². The Kier molecular flexibility index (Phi) is 17.0. The Labute approximate surface area is 316 Å². The van der Waals surface area contributed by atoms with Gasteiger partial charge in [-0.15, -0.1) is 0 Å². The largest absolute Gasteiger partial charge is 1.00 e. The van der Waals surface area contributed by atoms with E-state index in [0.29, 0.717) is 50.5 Å². The van der Waals surface area contributed by atoms with E-state index >= 15 is 0 Å². The van der Waals surface area contributed by atoms with Gasteiger partial charge in [-0.1, -0.05) is 12.1 Å². The van der Waals surface area contributed by atoms with E-state index in [2.05, 4.69) is 9.97 Å². The van der Waals surface area contributed by atoms with Crippen molar-refractivity contribution in [1.82, 2.24) is 19.8 Å². The van der Waals surface area contributed by atoms with E-state index in [4.69, 9.17) is 9.47 Å². The molecule has 2 fully saturated rings. The molecule has 0 radical (unpaired) electrons. The Hall–Kier alpha value is -3.17. The smallest absolute Gasteiger partial charge is 0.550 e. The topological polar surface area (TPSA) is 171 Å². The van der Waals surface area contributed by atoms with E-state index < -0.39 is 36.0 Å². The minimum Gasteiger partial charge on any atom is -0.550 e. The zero-order valence-electron chi connectivity index (χ0n) is 28.9. The Balaban J connectivity index is 0.000000260. The summed E-state index contributed by atoms with van der Waals surface area (Å²) in [5.74, 6) is -1.54. The van der Waals surface area contributed by atoms with Crippen LogP contribution in [0.5, 0.6) is 11.5 Å². The molecule has 0 spiro atoms. The third-order valence-corrected chi connectivity index (χ3v) is 8.69. The number of nitrogens with zero attached hydrogens (tertiary/aromatic N) is 4. The molecule has 2 saturated heterocycles. The quantitative estimate of drug-likeness (QED) is 0.138. The van der Waals surface area contributed by atoms with Crippen LogP contribution >= 0.6 is 0 Å². The van der Waals surface area contributed by atoms with Gasteiger partial charge in [-0.3, -0.25) is 19.8 Å². The number of aliphatic carboxylic acids is 2. The molecule has 4 atom stereocenters. The van der Waals surface area contributed by atoms with E-state index in [-0.39, 0.29) is 50.9 Å². The third-order valence-electron chi connectivity index (χ3n) is 8.69. The molecule has 2 aliphatic heterocycles. The maximum atomic E-state index is 11.0. The molecule has 2 aromatic carbocycles. The van der Waals surface area contributed by atoms with Gasteiger partial charge in [-0.2, -0.15) is 0 Å². The fourth-order valence-electron chi connectivity index (χ4n) is 6.30. The number of rotatable bonds is 12. The Morgan fingerprint density at radius 3 is 1.52 bits per heavy atom. The number of aliphatic hydroxyl groups is 2. The number of fused-ring (bicyclic) bond motifs is 2. The number of piperidine rings is 2. The second-order valence-electron chi connectivity index (χ2n) is 12.4. The molecule has 2 aliphatic rings. The SMILES string of the molecule is O=C([O-])[C@@H]1CCCN(CC(O)COc2cccc3ncccc23)C1.O=C([O-])[C@@H]1CCCN(CC(O)COc2cccc3ncccc23)C1.[Li+].[Li+]. The van der Waals surface area contributed by atoms with Gasteiger partial charge in [0.2, 0.25) is 0 Å². The molecule has 2 unspecified atom stereocenters. The summed E-state index contributed by atoms with van der Waals surface area (Å²) in [5, 5.41) is 44.2. The number of carbonyl (C=O) groups excluding carboxylic acids is 2. The third kappa shape index (κ3) is 12.0. The van der Waals surface area contributed by atoms with Gasteiger partial charge in [0, 0.05) is 73.1 Å². The molecule has 50 heavy (non-hydrogen) atoms. The maximum absolute atomic E-state index is 11.0. The number of hydrogen-bond acceptors (Lipinski definition) is 12. The summed E-state index contributed by atoms with van der Waals surface area (Å²) in [6.45, 7) is 3.54. The first-order valence-corrected chi connectivity index (χ1v) is 16.4. The Morgan fingerprint density at radius 2 is 1.12 bits per heavy atom. The normalized spacial score (nSPS) is 19.2. The van der Waals surface area contributed by atoms with Crippen LogP contribution in [-0.2, 0) is 9.59 Å². The van der Waals surface area contributed by atoms with Gasteiger partial charge in [0.1, 0.15) is 36.9 Å². The number of benzene rings is 2. The molecule has 4 aromatic rings. The molecule has 12 nitrogen and oxygen atoms in total. The molecule has 6 rings (SSSR count). The molecule has 2 N–H and O–H groups in total. The predicted molar refractivity (Wildman–Crippen MR) is 175 cm³/mol. The molecular weight excluding hydrogens is 630 g/mol. The molecule has 0 amide bonds. The van der Waals surface area contributed by atoms with Crippen LogP contribution in [-0.4, -0.2) is 107 Å². The van der Waals surface area contributed by atoms with Crippen LogP contribution in [0.25, 0.3) is 21.8 Å². The molecule has 4 heterocycles. The van der Waals surface area contributed by atoms with Crippen LogP contribution in [0, 0.1) is 11.8 Å². The van der Waals surface area contributed by atoms with Gasteiger partial charge in [0.25, 0.3) is 0 Å².